The minimum Gasteiger partial charge on any atom is -0.493 e. The highest BCUT2D eigenvalue weighted by Gasteiger charge is 2.12. The van der Waals surface area contributed by atoms with E-state index in [1.54, 1.807) is 30.3 Å². The van der Waals surface area contributed by atoms with Gasteiger partial charge in [0.25, 0.3) is 5.91 Å². The molecule has 0 spiro atoms. The van der Waals surface area contributed by atoms with Crippen LogP contribution in [-0.2, 0) is 11.4 Å². The number of carbonyl (C=O) groups is 1. The predicted octanol–water partition coefficient (Wildman–Crippen LogP) is 6.74. The second-order valence-corrected chi connectivity index (χ2v) is 8.26. The van der Waals surface area contributed by atoms with Crippen molar-refractivity contribution in [1.82, 2.24) is 0 Å². The first-order chi connectivity index (χ1) is 15.8. The summed E-state index contributed by atoms with van der Waals surface area (Å²) in [6.45, 7) is 4.48. The lowest BCUT2D eigenvalue weighted by Gasteiger charge is -2.12. The number of aryl methyl sites for hydroxylation is 2. The van der Waals surface area contributed by atoms with Gasteiger partial charge in [-0.3, -0.25) is 4.79 Å². The van der Waals surface area contributed by atoms with Crippen molar-refractivity contribution in [2.75, 3.05) is 12.4 Å². The van der Waals surface area contributed by atoms with Gasteiger partial charge in [0.15, 0.2) is 11.5 Å². The Kier molecular flexibility index (Phi) is 8.00. The molecule has 0 aromatic heterocycles. The van der Waals surface area contributed by atoms with Crippen molar-refractivity contribution in [3.63, 3.8) is 0 Å². The van der Waals surface area contributed by atoms with E-state index in [9.17, 15) is 10.1 Å². The molecule has 0 heterocycles. The molecule has 7 heteroatoms. The Hall–Kier alpha value is -3.46. The minimum absolute atomic E-state index is 0.0768. The van der Waals surface area contributed by atoms with Crippen molar-refractivity contribution >= 4 is 40.9 Å². The van der Waals surface area contributed by atoms with E-state index in [2.05, 4.69) is 23.5 Å². The van der Waals surface area contributed by atoms with Crippen LogP contribution in [0.4, 0.5) is 5.69 Å². The Bertz CT molecular complexity index is 1240. The molecule has 33 heavy (non-hydrogen) atoms. The Morgan fingerprint density at radius 1 is 1.00 bits per heavy atom. The van der Waals surface area contributed by atoms with Gasteiger partial charge in [-0.15, -0.1) is 0 Å². The van der Waals surface area contributed by atoms with Gasteiger partial charge in [-0.2, -0.15) is 5.26 Å². The topological polar surface area (TPSA) is 71.3 Å². The molecule has 1 amide bonds. The van der Waals surface area contributed by atoms with Gasteiger partial charge in [-0.1, -0.05) is 58.6 Å². The molecule has 0 unspecified atom stereocenters. The van der Waals surface area contributed by atoms with Gasteiger partial charge in [0, 0.05) is 5.69 Å². The molecule has 3 aromatic rings. The first-order valence-corrected chi connectivity index (χ1v) is 10.8. The largest absolute Gasteiger partial charge is 0.493 e. The fourth-order valence-electron chi connectivity index (χ4n) is 3.29. The lowest BCUT2D eigenvalue weighted by Crippen LogP contribution is -2.13. The molecule has 0 fully saturated rings. The van der Waals surface area contributed by atoms with Crippen molar-refractivity contribution in [3.8, 4) is 17.6 Å². The molecule has 3 rings (SSSR count). The van der Waals surface area contributed by atoms with Crippen LogP contribution in [0.5, 0.6) is 11.5 Å². The van der Waals surface area contributed by atoms with Gasteiger partial charge in [-0.05, 0) is 61.4 Å². The normalized spacial score (nSPS) is 11.0. The average Bonchev–Trinajstić information content (AvgIpc) is 2.78. The van der Waals surface area contributed by atoms with Crippen molar-refractivity contribution in [2.24, 2.45) is 0 Å². The lowest BCUT2D eigenvalue weighted by atomic mass is 10.1. The fourth-order valence-corrected chi connectivity index (χ4v) is 3.59. The summed E-state index contributed by atoms with van der Waals surface area (Å²) in [6.07, 6.45) is 1.48. The molecular formula is C26H22Cl2N2O3. The molecule has 0 aliphatic rings. The number of hydrogen-bond donors (Lipinski definition) is 1. The van der Waals surface area contributed by atoms with E-state index in [0.717, 1.165) is 5.56 Å². The van der Waals surface area contributed by atoms with E-state index in [-0.39, 0.29) is 5.57 Å². The minimum atomic E-state index is -0.565. The molecule has 3 aromatic carbocycles. The summed E-state index contributed by atoms with van der Waals surface area (Å²) in [6, 6.07) is 18.1. The molecule has 168 valence electrons. The second kappa shape index (κ2) is 10.9. The zero-order chi connectivity index (χ0) is 24.0. The lowest BCUT2D eigenvalue weighted by molar-refractivity contribution is -0.112. The van der Waals surface area contributed by atoms with Crippen LogP contribution in [0.3, 0.4) is 0 Å². The van der Waals surface area contributed by atoms with Crippen LogP contribution in [0.15, 0.2) is 60.2 Å². The number of hydrogen-bond acceptors (Lipinski definition) is 4. The standard InChI is InChI=1S/C26H22Cl2N2O3/c1-16-8-17(2)10-19(9-16)15-33-24-7-4-18(12-25(24)32-3)11-20(14-29)26(31)30-21-5-6-22(27)23(28)13-21/h4-13H,15H2,1-3H3,(H,30,31)/b20-11+. The molecule has 0 aliphatic carbocycles. The number of nitrogens with zero attached hydrogens (tertiary/aromatic N) is 1. The highest BCUT2D eigenvalue weighted by atomic mass is 35.5. The monoisotopic (exact) mass is 480 g/mol. The molecule has 0 aliphatic heterocycles. The van der Waals surface area contributed by atoms with Gasteiger partial charge in [0.05, 0.1) is 17.2 Å². The highest BCUT2D eigenvalue weighted by Crippen LogP contribution is 2.30. The third-order valence-corrected chi connectivity index (χ3v) is 5.46. The van der Waals surface area contributed by atoms with Crippen LogP contribution in [-0.4, -0.2) is 13.0 Å². The first kappa shape index (κ1) is 24.2. The summed E-state index contributed by atoms with van der Waals surface area (Å²) in [7, 11) is 1.54. The Morgan fingerprint density at radius 2 is 1.73 bits per heavy atom. The smallest absolute Gasteiger partial charge is 0.266 e. The van der Waals surface area contributed by atoms with Crippen LogP contribution < -0.4 is 14.8 Å². The summed E-state index contributed by atoms with van der Waals surface area (Å²) >= 11 is 11.9. The molecule has 1 N–H and O–H groups in total. The van der Waals surface area contributed by atoms with E-state index in [1.807, 2.05) is 19.9 Å². The second-order valence-electron chi connectivity index (χ2n) is 7.45. The van der Waals surface area contributed by atoms with Crippen LogP contribution in [0.25, 0.3) is 6.08 Å². The summed E-state index contributed by atoms with van der Waals surface area (Å²) < 4.78 is 11.4. The molecule has 5 nitrogen and oxygen atoms in total. The summed E-state index contributed by atoms with van der Waals surface area (Å²) in [5, 5.41) is 12.8. The van der Waals surface area contributed by atoms with Crippen molar-refractivity contribution < 1.29 is 14.3 Å². The van der Waals surface area contributed by atoms with E-state index < -0.39 is 5.91 Å². The molecular weight excluding hydrogens is 459 g/mol. The zero-order valence-corrected chi connectivity index (χ0v) is 19.9. The number of methoxy groups -OCH3 is 1. The van der Waals surface area contributed by atoms with Gasteiger partial charge in [0.2, 0.25) is 0 Å². The molecule has 0 atom stereocenters. The zero-order valence-electron chi connectivity index (χ0n) is 18.4. The molecule has 0 saturated heterocycles. The number of anilines is 1. The van der Waals surface area contributed by atoms with Crippen LogP contribution in [0, 0.1) is 25.2 Å². The molecule has 0 bridgehead atoms. The van der Waals surface area contributed by atoms with Crippen molar-refractivity contribution in [3.05, 3.63) is 92.5 Å². The third-order valence-electron chi connectivity index (χ3n) is 4.72. The van der Waals surface area contributed by atoms with E-state index in [4.69, 9.17) is 32.7 Å². The number of nitrogens with one attached hydrogen (secondary N) is 1. The van der Waals surface area contributed by atoms with Crippen LogP contribution >= 0.6 is 23.2 Å². The number of nitriles is 1. The highest BCUT2D eigenvalue weighted by molar-refractivity contribution is 6.42. The van der Waals surface area contributed by atoms with E-state index in [1.165, 1.54) is 30.4 Å². The summed E-state index contributed by atoms with van der Waals surface area (Å²) in [4.78, 5) is 12.5. The molecule has 0 saturated carbocycles. The maximum absolute atomic E-state index is 12.5. The Balaban J connectivity index is 1.76. The third kappa shape index (κ3) is 6.52. The van der Waals surface area contributed by atoms with Crippen LogP contribution in [0.2, 0.25) is 10.0 Å². The predicted molar refractivity (Wildman–Crippen MR) is 132 cm³/mol. The van der Waals surface area contributed by atoms with E-state index >= 15 is 0 Å². The number of rotatable bonds is 7. The van der Waals surface area contributed by atoms with Crippen LogP contribution in [0.1, 0.15) is 22.3 Å². The Morgan fingerprint density at radius 3 is 2.36 bits per heavy atom. The van der Waals surface area contributed by atoms with Gasteiger partial charge in [0.1, 0.15) is 18.2 Å². The number of halogens is 2. The summed E-state index contributed by atoms with van der Waals surface area (Å²) in [5.74, 6) is 0.493. The first-order valence-electron chi connectivity index (χ1n) is 10.0. The average molecular weight is 481 g/mol. The maximum atomic E-state index is 12.5. The fraction of sp³-hybridized carbons (Fsp3) is 0.154. The number of amides is 1. The number of carbonyl (C=O) groups excluding carboxylic acids is 1. The maximum Gasteiger partial charge on any atom is 0.266 e. The van der Waals surface area contributed by atoms with Crippen molar-refractivity contribution in [2.45, 2.75) is 20.5 Å². The number of ether oxygens (including phenoxy) is 2. The quantitative estimate of drug-likeness (QED) is 0.300. The van der Waals surface area contributed by atoms with E-state index in [0.29, 0.717) is 39.4 Å². The molecule has 0 radical (unpaired) electrons. The number of benzene rings is 3. The van der Waals surface area contributed by atoms with Gasteiger partial charge in [-0.25, -0.2) is 0 Å². The Labute approximate surface area is 203 Å². The van der Waals surface area contributed by atoms with Crippen molar-refractivity contribution in [1.29, 1.82) is 5.26 Å². The SMILES string of the molecule is COc1cc(/C=C(\C#N)C(=O)Nc2ccc(Cl)c(Cl)c2)ccc1OCc1cc(C)cc(C)c1. The van der Waals surface area contributed by atoms with Gasteiger partial charge >= 0.3 is 0 Å². The van der Waals surface area contributed by atoms with Gasteiger partial charge < -0.3 is 14.8 Å². The summed E-state index contributed by atoms with van der Waals surface area (Å²) in [5.41, 5.74) is 4.37.